The Kier molecular flexibility index (Phi) is 7.70. The molecule has 1 aliphatic heterocycles. The number of rotatable bonds is 7. The zero-order valence-electron chi connectivity index (χ0n) is 19.2. The summed E-state index contributed by atoms with van der Waals surface area (Å²) >= 11 is 0. The number of benzene rings is 1. The van der Waals surface area contributed by atoms with Crippen LogP contribution in [0.25, 0.3) is 0 Å². The van der Waals surface area contributed by atoms with Crippen LogP contribution in [0.3, 0.4) is 0 Å². The molecule has 0 bridgehead atoms. The highest BCUT2D eigenvalue weighted by molar-refractivity contribution is 5.90. The topological polar surface area (TPSA) is 91.4 Å². The Labute approximate surface area is 183 Å². The van der Waals surface area contributed by atoms with Crippen molar-refractivity contribution in [2.24, 2.45) is 5.41 Å². The number of esters is 2. The molecule has 1 fully saturated rings. The summed E-state index contributed by atoms with van der Waals surface area (Å²) in [6.07, 6.45) is -0.319. The molecule has 1 amide bonds. The van der Waals surface area contributed by atoms with Crippen LogP contribution >= 0.6 is 0 Å². The molecular formula is C23H33NO7. The number of carbonyl (C=O) groups is 3. The van der Waals surface area contributed by atoms with E-state index in [-0.39, 0.29) is 26.2 Å². The molecule has 0 radical (unpaired) electrons. The summed E-state index contributed by atoms with van der Waals surface area (Å²) < 4.78 is 21.6. The molecule has 2 rings (SSSR count). The van der Waals surface area contributed by atoms with Crippen LogP contribution in [-0.2, 0) is 35.1 Å². The number of methoxy groups -OCH3 is 2. The van der Waals surface area contributed by atoms with Crippen LogP contribution in [-0.4, -0.2) is 61.4 Å². The van der Waals surface area contributed by atoms with E-state index in [1.165, 1.54) is 19.1 Å². The third-order valence-electron chi connectivity index (χ3n) is 5.54. The smallest absolute Gasteiger partial charge is 0.411 e. The van der Waals surface area contributed by atoms with Gasteiger partial charge in [0.2, 0.25) is 0 Å². The second kappa shape index (κ2) is 9.68. The van der Waals surface area contributed by atoms with Crippen molar-refractivity contribution in [1.82, 2.24) is 4.90 Å². The maximum atomic E-state index is 13.1. The number of hydrogen-bond acceptors (Lipinski definition) is 7. The molecule has 31 heavy (non-hydrogen) atoms. The third kappa shape index (κ3) is 5.36. The molecule has 172 valence electrons. The van der Waals surface area contributed by atoms with E-state index in [4.69, 9.17) is 18.9 Å². The second-order valence-corrected chi connectivity index (χ2v) is 8.87. The molecule has 0 aromatic heterocycles. The van der Waals surface area contributed by atoms with Gasteiger partial charge in [-0.1, -0.05) is 37.3 Å². The van der Waals surface area contributed by atoms with Crippen molar-refractivity contribution in [2.75, 3.05) is 27.4 Å². The maximum Gasteiger partial charge on any atom is 0.411 e. The van der Waals surface area contributed by atoms with Crippen molar-refractivity contribution in [3.63, 3.8) is 0 Å². The molecule has 1 aromatic rings. The molecular weight excluding hydrogens is 402 g/mol. The van der Waals surface area contributed by atoms with Crippen LogP contribution in [0.2, 0.25) is 0 Å². The lowest BCUT2D eigenvalue weighted by Gasteiger charge is -2.36. The number of hydrogen-bond donors (Lipinski definition) is 0. The molecule has 0 N–H and O–H groups in total. The monoisotopic (exact) mass is 435 g/mol. The van der Waals surface area contributed by atoms with Crippen molar-refractivity contribution in [1.29, 1.82) is 0 Å². The zero-order valence-corrected chi connectivity index (χ0v) is 19.2. The lowest BCUT2D eigenvalue weighted by Crippen LogP contribution is -2.57. The van der Waals surface area contributed by atoms with Crippen molar-refractivity contribution in [3.8, 4) is 0 Å². The first-order valence-corrected chi connectivity index (χ1v) is 10.3. The van der Waals surface area contributed by atoms with Gasteiger partial charge in [0.05, 0.1) is 32.8 Å². The van der Waals surface area contributed by atoms with Crippen LogP contribution in [0.4, 0.5) is 4.79 Å². The first-order valence-electron chi connectivity index (χ1n) is 10.3. The highest BCUT2D eigenvalue weighted by Crippen LogP contribution is 2.46. The molecule has 1 aliphatic rings. The Balaban J connectivity index is 2.43. The Morgan fingerprint density at radius 3 is 2.16 bits per heavy atom. The van der Waals surface area contributed by atoms with E-state index < -0.39 is 34.6 Å². The fourth-order valence-corrected chi connectivity index (χ4v) is 3.93. The lowest BCUT2D eigenvalue weighted by atomic mass is 9.78. The minimum Gasteiger partial charge on any atom is -0.469 e. The summed E-state index contributed by atoms with van der Waals surface area (Å²) in [5, 5.41) is 0. The van der Waals surface area contributed by atoms with Gasteiger partial charge in [-0.2, -0.15) is 0 Å². The van der Waals surface area contributed by atoms with Gasteiger partial charge in [-0.15, -0.1) is 0 Å². The third-order valence-corrected chi connectivity index (χ3v) is 5.54. The van der Waals surface area contributed by atoms with Gasteiger partial charge in [0.1, 0.15) is 5.60 Å². The van der Waals surface area contributed by atoms with Gasteiger partial charge in [0.15, 0.2) is 5.54 Å². The van der Waals surface area contributed by atoms with E-state index in [0.29, 0.717) is 6.42 Å². The van der Waals surface area contributed by atoms with Gasteiger partial charge >= 0.3 is 18.0 Å². The minimum absolute atomic E-state index is 0.0177. The summed E-state index contributed by atoms with van der Waals surface area (Å²) in [4.78, 5) is 40.2. The molecule has 2 unspecified atom stereocenters. The van der Waals surface area contributed by atoms with E-state index in [1.54, 1.807) is 20.8 Å². The van der Waals surface area contributed by atoms with E-state index in [2.05, 4.69) is 0 Å². The summed E-state index contributed by atoms with van der Waals surface area (Å²) in [5.41, 5.74) is -2.46. The molecule has 1 aromatic carbocycles. The van der Waals surface area contributed by atoms with Gasteiger partial charge in [-0.3, -0.25) is 9.69 Å². The van der Waals surface area contributed by atoms with E-state index >= 15 is 0 Å². The molecule has 8 heteroatoms. The van der Waals surface area contributed by atoms with Crippen LogP contribution in [0.5, 0.6) is 0 Å². The average molecular weight is 436 g/mol. The standard InChI is InChI=1S/C23H33NO7/c1-7-22(18(25)28-5)14-23(19(26)29-6,16-30-13-17-11-9-8-10-12-17)24(15-22)20(27)31-21(2,3)4/h8-12H,7,13-16H2,1-6H3. The van der Waals surface area contributed by atoms with Gasteiger partial charge in [-0.25, -0.2) is 9.59 Å². The second-order valence-electron chi connectivity index (χ2n) is 8.87. The van der Waals surface area contributed by atoms with Crippen LogP contribution in [0, 0.1) is 5.41 Å². The zero-order chi connectivity index (χ0) is 23.3. The Morgan fingerprint density at radius 1 is 1.03 bits per heavy atom. The van der Waals surface area contributed by atoms with E-state index in [9.17, 15) is 14.4 Å². The number of likely N-dealkylation sites (tertiary alicyclic amines) is 1. The fourth-order valence-electron chi connectivity index (χ4n) is 3.93. The molecule has 2 atom stereocenters. The maximum absolute atomic E-state index is 13.1. The fraction of sp³-hybridized carbons (Fsp3) is 0.609. The van der Waals surface area contributed by atoms with Crippen molar-refractivity contribution in [2.45, 2.75) is 58.3 Å². The quantitative estimate of drug-likeness (QED) is 0.479. The highest BCUT2D eigenvalue weighted by Gasteiger charge is 2.63. The predicted molar refractivity (Wildman–Crippen MR) is 113 cm³/mol. The van der Waals surface area contributed by atoms with Gasteiger partial charge in [0, 0.05) is 13.0 Å². The molecule has 0 saturated carbocycles. The van der Waals surface area contributed by atoms with Gasteiger partial charge in [0.25, 0.3) is 0 Å². The Bertz CT molecular complexity index is 789. The summed E-state index contributed by atoms with van der Waals surface area (Å²) in [5.74, 6) is -1.15. The first-order chi connectivity index (χ1) is 14.5. The average Bonchev–Trinajstić information content (AvgIpc) is 3.09. The Hall–Kier alpha value is -2.61. The van der Waals surface area contributed by atoms with Crippen LogP contribution in [0.15, 0.2) is 30.3 Å². The summed E-state index contributed by atoms with van der Waals surface area (Å²) in [6, 6.07) is 9.46. The predicted octanol–water partition coefficient (Wildman–Crippen LogP) is 3.33. The molecule has 1 heterocycles. The lowest BCUT2D eigenvalue weighted by molar-refractivity contribution is -0.158. The van der Waals surface area contributed by atoms with E-state index in [0.717, 1.165) is 5.56 Å². The van der Waals surface area contributed by atoms with Gasteiger partial charge in [-0.05, 0) is 32.8 Å². The van der Waals surface area contributed by atoms with Gasteiger partial charge < -0.3 is 18.9 Å². The van der Waals surface area contributed by atoms with Crippen molar-refractivity contribution >= 4 is 18.0 Å². The molecule has 0 aliphatic carbocycles. The molecule has 8 nitrogen and oxygen atoms in total. The number of ether oxygens (including phenoxy) is 4. The normalized spacial score (nSPS) is 23.4. The van der Waals surface area contributed by atoms with Crippen molar-refractivity contribution in [3.05, 3.63) is 35.9 Å². The minimum atomic E-state index is -1.52. The first kappa shape index (κ1) is 24.7. The summed E-state index contributed by atoms with van der Waals surface area (Å²) in [6.45, 7) is 7.09. The SMILES string of the molecule is CCC1(C(=O)OC)CN(C(=O)OC(C)(C)C)C(COCc2ccccc2)(C(=O)OC)C1. The Morgan fingerprint density at radius 2 is 1.65 bits per heavy atom. The number of amides is 1. The highest BCUT2D eigenvalue weighted by atomic mass is 16.6. The molecule has 0 spiro atoms. The number of carbonyl (C=O) groups excluding carboxylic acids is 3. The van der Waals surface area contributed by atoms with Crippen LogP contribution < -0.4 is 0 Å². The van der Waals surface area contributed by atoms with E-state index in [1.807, 2.05) is 37.3 Å². The number of nitrogens with zero attached hydrogens (tertiary/aromatic N) is 1. The largest absolute Gasteiger partial charge is 0.469 e. The molecule has 1 saturated heterocycles. The van der Waals surface area contributed by atoms with Crippen molar-refractivity contribution < 1.29 is 33.3 Å². The summed E-state index contributed by atoms with van der Waals surface area (Å²) in [7, 11) is 2.54. The van der Waals surface area contributed by atoms with Crippen LogP contribution in [0.1, 0.15) is 46.1 Å².